The van der Waals surface area contributed by atoms with Crippen molar-refractivity contribution >= 4 is 17.4 Å². The molecule has 2 heterocycles. The standard InChI is InChI=1S/C15H14N4O2/c1-2-21-14(20)12-9-19-13(6-7-17-15(19)18-12)10-4-3-5-11(16)8-10/h3-9H,2,16H2,1H3. The van der Waals surface area contributed by atoms with E-state index in [1.807, 2.05) is 30.3 Å². The Morgan fingerprint density at radius 1 is 1.38 bits per heavy atom. The number of ether oxygens (including phenoxy) is 1. The zero-order valence-corrected chi connectivity index (χ0v) is 11.5. The van der Waals surface area contributed by atoms with Crippen LogP contribution >= 0.6 is 0 Å². The molecule has 0 saturated carbocycles. The van der Waals surface area contributed by atoms with Crippen molar-refractivity contribution < 1.29 is 9.53 Å². The lowest BCUT2D eigenvalue weighted by Crippen LogP contribution is -2.04. The third-order valence-corrected chi connectivity index (χ3v) is 3.04. The van der Waals surface area contributed by atoms with E-state index in [9.17, 15) is 4.79 Å². The van der Waals surface area contributed by atoms with Gasteiger partial charge in [0.05, 0.1) is 12.3 Å². The Morgan fingerprint density at radius 3 is 3.00 bits per heavy atom. The molecule has 0 unspecified atom stereocenters. The Labute approximate surface area is 121 Å². The van der Waals surface area contributed by atoms with E-state index in [1.54, 1.807) is 23.7 Å². The predicted molar refractivity (Wildman–Crippen MR) is 78.8 cm³/mol. The first-order valence-electron chi connectivity index (χ1n) is 6.56. The Hall–Kier alpha value is -2.89. The number of carbonyl (C=O) groups is 1. The molecule has 0 aliphatic heterocycles. The molecule has 2 aromatic heterocycles. The predicted octanol–water partition coefficient (Wildman–Crippen LogP) is 2.16. The molecule has 21 heavy (non-hydrogen) atoms. The minimum absolute atomic E-state index is 0.237. The molecule has 0 saturated heterocycles. The van der Waals surface area contributed by atoms with Gasteiger partial charge in [0.2, 0.25) is 5.78 Å². The Kier molecular flexibility index (Phi) is 3.27. The number of hydrogen-bond acceptors (Lipinski definition) is 5. The smallest absolute Gasteiger partial charge is 0.358 e. The fraction of sp³-hybridized carbons (Fsp3) is 0.133. The summed E-state index contributed by atoms with van der Waals surface area (Å²) in [5.41, 5.74) is 8.51. The molecule has 0 atom stereocenters. The molecule has 6 nitrogen and oxygen atoms in total. The monoisotopic (exact) mass is 282 g/mol. The van der Waals surface area contributed by atoms with Crippen LogP contribution in [0.3, 0.4) is 0 Å². The van der Waals surface area contributed by atoms with Gasteiger partial charge in [0, 0.05) is 23.6 Å². The summed E-state index contributed by atoms with van der Waals surface area (Å²) >= 11 is 0. The Morgan fingerprint density at radius 2 is 2.24 bits per heavy atom. The van der Waals surface area contributed by atoms with E-state index in [2.05, 4.69) is 9.97 Å². The van der Waals surface area contributed by atoms with Gasteiger partial charge in [0.15, 0.2) is 5.69 Å². The molecule has 3 aromatic rings. The highest BCUT2D eigenvalue weighted by Gasteiger charge is 2.14. The normalized spacial score (nSPS) is 10.7. The van der Waals surface area contributed by atoms with E-state index >= 15 is 0 Å². The van der Waals surface area contributed by atoms with Crippen LogP contribution in [0.25, 0.3) is 17.0 Å². The van der Waals surface area contributed by atoms with Crippen LogP contribution in [0.4, 0.5) is 5.69 Å². The van der Waals surface area contributed by atoms with Crippen molar-refractivity contribution in [1.29, 1.82) is 0 Å². The fourth-order valence-corrected chi connectivity index (χ4v) is 2.13. The number of carbonyl (C=O) groups excluding carboxylic acids is 1. The molecule has 3 rings (SSSR count). The van der Waals surface area contributed by atoms with Crippen LogP contribution < -0.4 is 5.73 Å². The molecule has 0 bridgehead atoms. The van der Waals surface area contributed by atoms with Gasteiger partial charge in [-0.05, 0) is 25.1 Å². The summed E-state index contributed by atoms with van der Waals surface area (Å²) < 4.78 is 6.71. The number of esters is 1. The average molecular weight is 282 g/mol. The van der Waals surface area contributed by atoms with Gasteiger partial charge in [-0.3, -0.25) is 4.40 Å². The first-order chi connectivity index (χ1) is 10.2. The lowest BCUT2D eigenvalue weighted by Gasteiger charge is -2.05. The van der Waals surface area contributed by atoms with Crippen molar-refractivity contribution in [3.63, 3.8) is 0 Å². The first-order valence-corrected chi connectivity index (χ1v) is 6.56. The van der Waals surface area contributed by atoms with Crippen molar-refractivity contribution in [3.8, 4) is 11.3 Å². The van der Waals surface area contributed by atoms with Crippen LogP contribution in [0, 0.1) is 0 Å². The number of anilines is 1. The summed E-state index contributed by atoms with van der Waals surface area (Å²) in [6.45, 7) is 2.06. The zero-order chi connectivity index (χ0) is 14.8. The number of imidazole rings is 1. The number of nitrogen functional groups attached to an aromatic ring is 1. The quantitative estimate of drug-likeness (QED) is 0.588. The molecular weight excluding hydrogens is 268 g/mol. The molecule has 0 fully saturated rings. The third-order valence-electron chi connectivity index (χ3n) is 3.04. The zero-order valence-electron chi connectivity index (χ0n) is 11.5. The summed E-state index contributed by atoms with van der Waals surface area (Å²) in [7, 11) is 0. The van der Waals surface area contributed by atoms with Gasteiger partial charge in [-0.15, -0.1) is 0 Å². The maximum absolute atomic E-state index is 11.8. The second kappa shape index (κ2) is 5.24. The van der Waals surface area contributed by atoms with Gasteiger partial charge in [-0.25, -0.2) is 14.8 Å². The van der Waals surface area contributed by atoms with E-state index in [1.165, 1.54) is 0 Å². The van der Waals surface area contributed by atoms with Gasteiger partial charge in [0.1, 0.15) is 0 Å². The Balaban J connectivity index is 2.14. The molecule has 2 N–H and O–H groups in total. The fourth-order valence-electron chi connectivity index (χ4n) is 2.13. The van der Waals surface area contributed by atoms with Gasteiger partial charge in [-0.1, -0.05) is 12.1 Å². The maximum Gasteiger partial charge on any atom is 0.358 e. The van der Waals surface area contributed by atoms with Crippen molar-refractivity contribution in [2.45, 2.75) is 6.92 Å². The minimum Gasteiger partial charge on any atom is -0.461 e. The van der Waals surface area contributed by atoms with Crippen molar-refractivity contribution in [2.24, 2.45) is 0 Å². The number of benzene rings is 1. The molecule has 1 aromatic carbocycles. The van der Waals surface area contributed by atoms with Gasteiger partial charge in [0.25, 0.3) is 0 Å². The minimum atomic E-state index is -0.457. The van der Waals surface area contributed by atoms with Gasteiger partial charge < -0.3 is 10.5 Å². The van der Waals surface area contributed by atoms with Gasteiger partial charge in [-0.2, -0.15) is 0 Å². The molecule has 6 heteroatoms. The first kappa shape index (κ1) is 13.1. The van der Waals surface area contributed by atoms with Crippen LogP contribution in [0.5, 0.6) is 0 Å². The van der Waals surface area contributed by atoms with Crippen molar-refractivity contribution in [2.75, 3.05) is 12.3 Å². The molecule has 0 radical (unpaired) electrons. The second-order valence-corrected chi connectivity index (χ2v) is 4.47. The number of hydrogen-bond donors (Lipinski definition) is 1. The molecule has 0 amide bonds. The summed E-state index contributed by atoms with van der Waals surface area (Å²) in [6, 6.07) is 9.34. The van der Waals surface area contributed by atoms with E-state index in [-0.39, 0.29) is 5.69 Å². The average Bonchev–Trinajstić information content (AvgIpc) is 2.91. The topological polar surface area (TPSA) is 82.5 Å². The molecule has 0 spiro atoms. The molecule has 0 aliphatic rings. The summed E-state index contributed by atoms with van der Waals surface area (Å²) in [5, 5.41) is 0. The van der Waals surface area contributed by atoms with Crippen LogP contribution in [-0.2, 0) is 4.74 Å². The second-order valence-electron chi connectivity index (χ2n) is 4.47. The lowest BCUT2D eigenvalue weighted by atomic mass is 10.1. The van der Waals surface area contributed by atoms with Crippen molar-refractivity contribution in [1.82, 2.24) is 14.4 Å². The van der Waals surface area contributed by atoms with Crippen LogP contribution in [-0.4, -0.2) is 26.9 Å². The van der Waals surface area contributed by atoms with Crippen molar-refractivity contribution in [3.05, 3.63) is 48.4 Å². The van der Waals surface area contributed by atoms with E-state index in [0.717, 1.165) is 11.3 Å². The maximum atomic E-state index is 11.8. The highest BCUT2D eigenvalue weighted by atomic mass is 16.5. The van der Waals surface area contributed by atoms with E-state index in [0.29, 0.717) is 18.1 Å². The summed E-state index contributed by atoms with van der Waals surface area (Å²) in [6.07, 6.45) is 3.27. The van der Waals surface area contributed by atoms with Gasteiger partial charge >= 0.3 is 5.97 Å². The van der Waals surface area contributed by atoms with Crippen LogP contribution in [0.2, 0.25) is 0 Å². The number of nitrogens with two attached hydrogens (primary N) is 1. The number of fused-ring (bicyclic) bond motifs is 1. The molecule has 0 aliphatic carbocycles. The molecule has 106 valence electrons. The highest BCUT2D eigenvalue weighted by Crippen LogP contribution is 2.22. The Bertz CT molecular complexity index is 810. The summed E-state index contributed by atoms with van der Waals surface area (Å²) in [5.74, 6) is -0.0143. The van der Waals surface area contributed by atoms with Crippen LogP contribution in [0.15, 0.2) is 42.7 Å². The number of rotatable bonds is 3. The number of nitrogens with zero attached hydrogens (tertiary/aromatic N) is 3. The van der Waals surface area contributed by atoms with Crippen LogP contribution in [0.1, 0.15) is 17.4 Å². The van der Waals surface area contributed by atoms with E-state index in [4.69, 9.17) is 10.5 Å². The lowest BCUT2D eigenvalue weighted by molar-refractivity contribution is 0.0520. The number of aromatic nitrogens is 3. The van der Waals surface area contributed by atoms with E-state index < -0.39 is 5.97 Å². The SMILES string of the molecule is CCOC(=O)c1cn2c(-c3cccc(N)c3)ccnc2n1. The largest absolute Gasteiger partial charge is 0.461 e. The molecular formula is C15H14N4O2. The summed E-state index contributed by atoms with van der Waals surface area (Å²) in [4.78, 5) is 20.1. The third kappa shape index (κ3) is 2.43. The highest BCUT2D eigenvalue weighted by molar-refractivity contribution is 5.88.